The van der Waals surface area contributed by atoms with E-state index in [1.165, 1.54) is 7.11 Å². The summed E-state index contributed by atoms with van der Waals surface area (Å²) in [6.45, 7) is 3.86. The lowest BCUT2D eigenvalue weighted by Crippen LogP contribution is -2.33. The van der Waals surface area contributed by atoms with Crippen LogP contribution >= 0.6 is 23.4 Å². The number of halogens is 1. The summed E-state index contributed by atoms with van der Waals surface area (Å²) in [6, 6.07) is 3.43. The molecule has 3 nitrogen and oxygen atoms in total. The summed E-state index contributed by atoms with van der Waals surface area (Å²) in [6.07, 6.45) is 3.75. The number of ether oxygens (including phenoxy) is 1. The van der Waals surface area contributed by atoms with E-state index in [0.717, 1.165) is 6.42 Å². The van der Waals surface area contributed by atoms with Gasteiger partial charge < -0.3 is 4.74 Å². The van der Waals surface area contributed by atoms with Gasteiger partial charge in [0.2, 0.25) is 0 Å². The molecule has 0 heterocycles. The van der Waals surface area contributed by atoms with E-state index < -0.39 is 5.92 Å². The molecular formula is C20H23ClO3S. The van der Waals surface area contributed by atoms with Gasteiger partial charge in [0.25, 0.3) is 0 Å². The van der Waals surface area contributed by atoms with Crippen molar-refractivity contribution in [3.05, 3.63) is 28.3 Å². The smallest absolute Gasteiger partial charge is 0.148 e. The average Bonchev–Trinajstić information content (AvgIpc) is 2.55. The molecule has 1 aliphatic rings. The van der Waals surface area contributed by atoms with Gasteiger partial charge >= 0.3 is 0 Å². The molecule has 0 spiro atoms. The van der Waals surface area contributed by atoms with Gasteiger partial charge in [-0.2, -0.15) is 11.8 Å². The van der Waals surface area contributed by atoms with E-state index in [0.29, 0.717) is 40.0 Å². The highest BCUT2D eigenvalue weighted by atomic mass is 35.5. The molecule has 1 unspecified atom stereocenters. The van der Waals surface area contributed by atoms with Gasteiger partial charge in [-0.1, -0.05) is 24.4 Å². The van der Waals surface area contributed by atoms with Crippen LogP contribution in [0.25, 0.3) is 0 Å². The summed E-state index contributed by atoms with van der Waals surface area (Å²) in [7, 11) is 1.51. The Labute approximate surface area is 158 Å². The van der Waals surface area contributed by atoms with Gasteiger partial charge in [0.15, 0.2) is 0 Å². The summed E-state index contributed by atoms with van der Waals surface area (Å²) in [5.74, 6) is 5.35. The summed E-state index contributed by atoms with van der Waals surface area (Å²) < 4.78 is 5.41. The van der Waals surface area contributed by atoms with Crippen LogP contribution in [0.2, 0.25) is 5.02 Å². The van der Waals surface area contributed by atoms with Crippen LogP contribution in [0.15, 0.2) is 12.1 Å². The first-order valence-electron chi connectivity index (χ1n) is 8.29. The Morgan fingerprint density at radius 2 is 1.96 bits per heavy atom. The second-order valence-electron chi connectivity index (χ2n) is 6.37. The maximum absolute atomic E-state index is 12.7. The van der Waals surface area contributed by atoms with Gasteiger partial charge in [-0.05, 0) is 37.7 Å². The summed E-state index contributed by atoms with van der Waals surface area (Å²) >= 11 is 8.16. The lowest BCUT2D eigenvalue weighted by atomic mass is 9.75. The van der Waals surface area contributed by atoms with Gasteiger partial charge in [-0.25, -0.2) is 0 Å². The number of carbonyl (C=O) groups is 2. The molecule has 0 bridgehead atoms. The number of thioether (sulfide) groups is 1. The van der Waals surface area contributed by atoms with Gasteiger partial charge in [0.05, 0.1) is 7.11 Å². The van der Waals surface area contributed by atoms with E-state index in [-0.39, 0.29) is 17.5 Å². The van der Waals surface area contributed by atoms with E-state index in [9.17, 15) is 9.59 Å². The molecule has 0 radical (unpaired) electrons. The van der Waals surface area contributed by atoms with Crippen LogP contribution in [0.3, 0.4) is 0 Å². The van der Waals surface area contributed by atoms with Crippen molar-refractivity contribution in [1.82, 2.24) is 0 Å². The van der Waals surface area contributed by atoms with Crippen LogP contribution in [0, 0.1) is 17.8 Å². The SMILES string of the molecule is CC#Cc1cc(Cl)c(C2C(=O)CC(CC(C)SC)CC2=O)c(OC)c1. The number of benzene rings is 1. The number of ketones is 2. The van der Waals surface area contributed by atoms with Crippen LogP contribution in [0.1, 0.15) is 50.2 Å². The molecule has 1 aromatic carbocycles. The first-order chi connectivity index (χ1) is 11.9. The molecular weight excluding hydrogens is 356 g/mol. The zero-order valence-electron chi connectivity index (χ0n) is 15.0. The third-order valence-electron chi connectivity index (χ3n) is 4.56. The molecule has 1 fully saturated rings. The monoisotopic (exact) mass is 378 g/mol. The average molecular weight is 379 g/mol. The van der Waals surface area contributed by atoms with Crippen molar-refractivity contribution >= 4 is 34.9 Å². The van der Waals surface area contributed by atoms with Crippen LogP contribution < -0.4 is 4.74 Å². The summed E-state index contributed by atoms with van der Waals surface area (Å²) in [5, 5.41) is 0.798. The molecule has 0 saturated heterocycles. The minimum Gasteiger partial charge on any atom is -0.496 e. The molecule has 25 heavy (non-hydrogen) atoms. The predicted octanol–water partition coefficient (Wildman–Crippen LogP) is 4.49. The quantitative estimate of drug-likeness (QED) is 0.559. The number of carbonyl (C=O) groups excluding carboxylic acids is 2. The predicted molar refractivity (Wildman–Crippen MR) is 104 cm³/mol. The minimum absolute atomic E-state index is 0.0657. The fraction of sp³-hybridized carbons (Fsp3) is 0.500. The maximum Gasteiger partial charge on any atom is 0.148 e. The lowest BCUT2D eigenvalue weighted by molar-refractivity contribution is -0.133. The van der Waals surface area contributed by atoms with Crippen molar-refractivity contribution in [3.63, 3.8) is 0 Å². The van der Waals surface area contributed by atoms with E-state index in [1.54, 1.807) is 30.8 Å². The molecule has 0 N–H and O–H groups in total. The number of Topliss-reactive ketones (excluding diaryl/α,β-unsaturated/α-hetero) is 2. The van der Waals surface area contributed by atoms with E-state index >= 15 is 0 Å². The van der Waals surface area contributed by atoms with Crippen LogP contribution in [0.5, 0.6) is 5.75 Å². The zero-order chi connectivity index (χ0) is 18.6. The van der Waals surface area contributed by atoms with Crippen molar-refractivity contribution < 1.29 is 14.3 Å². The normalized spacial score (nSPS) is 21.5. The molecule has 0 amide bonds. The number of hydrogen-bond acceptors (Lipinski definition) is 4. The highest BCUT2D eigenvalue weighted by molar-refractivity contribution is 7.99. The Kier molecular flexibility index (Phi) is 6.98. The standard InChI is InChI=1S/C20H23ClO3S/c1-5-6-13-8-15(21)19(18(11-13)24-3)20-16(22)9-14(10-17(20)23)7-12(2)25-4/h8,11-12,14,20H,7,9-10H2,1-4H3. The number of hydrogen-bond donors (Lipinski definition) is 0. The lowest BCUT2D eigenvalue weighted by Gasteiger charge is -2.29. The topological polar surface area (TPSA) is 43.4 Å². The molecule has 1 atom stereocenters. The molecule has 1 aromatic rings. The van der Waals surface area contributed by atoms with E-state index in [4.69, 9.17) is 16.3 Å². The third kappa shape index (κ3) is 4.59. The molecule has 0 aromatic heterocycles. The number of methoxy groups -OCH3 is 1. The van der Waals surface area contributed by atoms with Crippen LogP contribution in [-0.4, -0.2) is 30.2 Å². The van der Waals surface area contributed by atoms with Gasteiger partial charge in [-0.15, -0.1) is 5.92 Å². The van der Waals surface area contributed by atoms with Crippen LogP contribution in [0.4, 0.5) is 0 Å². The molecule has 5 heteroatoms. The first-order valence-corrected chi connectivity index (χ1v) is 9.96. The number of rotatable bonds is 5. The largest absolute Gasteiger partial charge is 0.496 e. The second kappa shape index (κ2) is 8.78. The Hall–Kier alpha value is -1.44. The van der Waals surface area contributed by atoms with Crippen molar-refractivity contribution in [2.45, 2.75) is 44.3 Å². The van der Waals surface area contributed by atoms with E-state index in [1.807, 2.05) is 6.26 Å². The van der Waals surface area contributed by atoms with Gasteiger partial charge in [0.1, 0.15) is 23.2 Å². The third-order valence-corrected chi connectivity index (χ3v) is 5.87. The Morgan fingerprint density at radius 3 is 2.48 bits per heavy atom. The van der Waals surface area contributed by atoms with Crippen molar-refractivity contribution in [2.24, 2.45) is 5.92 Å². The van der Waals surface area contributed by atoms with Crippen molar-refractivity contribution in [2.75, 3.05) is 13.4 Å². The molecule has 0 aliphatic heterocycles. The molecule has 2 rings (SSSR count). The molecule has 1 aliphatic carbocycles. The van der Waals surface area contributed by atoms with Crippen molar-refractivity contribution in [3.8, 4) is 17.6 Å². The zero-order valence-corrected chi connectivity index (χ0v) is 16.6. The van der Waals surface area contributed by atoms with Crippen LogP contribution in [-0.2, 0) is 9.59 Å². The maximum atomic E-state index is 12.7. The molecule has 1 saturated carbocycles. The van der Waals surface area contributed by atoms with E-state index in [2.05, 4.69) is 18.8 Å². The Balaban J connectivity index is 2.34. The second-order valence-corrected chi connectivity index (χ2v) is 8.05. The molecule has 134 valence electrons. The Morgan fingerprint density at radius 1 is 1.32 bits per heavy atom. The highest BCUT2D eigenvalue weighted by Crippen LogP contribution is 2.41. The summed E-state index contributed by atoms with van der Waals surface area (Å²) in [5.41, 5.74) is 1.19. The minimum atomic E-state index is -0.827. The fourth-order valence-electron chi connectivity index (χ4n) is 3.37. The van der Waals surface area contributed by atoms with Crippen molar-refractivity contribution in [1.29, 1.82) is 0 Å². The first kappa shape index (κ1) is 19.9. The fourth-order valence-corrected chi connectivity index (χ4v) is 4.15. The van der Waals surface area contributed by atoms with Gasteiger partial charge in [-0.3, -0.25) is 9.59 Å². The van der Waals surface area contributed by atoms with Gasteiger partial charge in [0, 0.05) is 34.2 Å². The summed E-state index contributed by atoms with van der Waals surface area (Å²) in [4.78, 5) is 25.5. The highest BCUT2D eigenvalue weighted by Gasteiger charge is 2.39. The Bertz CT molecular complexity index is 714.